The summed E-state index contributed by atoms with van der Waals surface area (Å²) < 4.78 is 4.74. The van der Waals surface area contributed by atoms with Gasteiger partial charge in [0.25, 0.3) is 0 Å². The molecular weight excluding hydrogens is 201 g/mol. The van der Waals surface area contributed by atoms with E-state index in [9.17, 15) is 0 Å². The van der Waals surface area contributed by atoms with Crippen LogP contribution in [-0.2, 0) is 5.41 Å². The number of hydrogen-bond donors (Lipinski definition) is 0. The number of nitrogens with zero attached hydrogens (tertiary/aromatic N) is 1. The molecule has 0 aromatic carbocycles. The van der Waals surface area contributed by atoms with Crippen molar-refractivity contribution in [1.29, 1.82) is 0 Å². The van der Waals surface area contributed by atoms with Crippen LogP contribution in [0.3, 0.4) is 0 Å². The molecule has 0 amide bonds. The molecule has 0 N–H and O–H groups in total. The molecule has 4 heteroatoms. The first-order valence-corrected chi connectivity index (χ1v) is 4.77. The lowest BCUT2D eigenvalue weighted by Gasteiger charge is -2.14. The van der Waals surface area contributed by atoms with Crippen molar-refractivity contribution in [3.63, 3.8) is 0 Å². The van der Waals surface area contributed by atoms with E-state index in [1.54, 1.807) is 0 Å². The van der Waals surface area contributed by atoms with Crippen LogP contribution in [0.5, 0.6) is 0 Å². The Morgan fingerprint density at radius 3 is 2.00 bits per heavy atom. The summed E-state index contributed by atoms with van der Waals surface area (Å²) >= 11 is 12.9. The molecule has 0 saturated heterocycles. The van der Waals surface area contributed by atoms with Crippen molar-refractivity contribution in [2.45, 2.75) is 26.2 Å². The maximum atomic E-state index is 5.91. The van der Waals surface area contributed by atoms with Crippen molar-refractivity contribution < 1.29 is 0 Å². The Bertz CT molecular complexity index is 262. The Morgan fingerprint density at radius 2 is 1.82 bits per heavy atom. The molecule has 0 aliphatic heterocycles. The molecule has 1 nitrogen and oxygen atoms in total. The third-order valence-corrected chi connectivity index (χ3v) is 2.92. The maximum Gasteiger partial charge on any atom is 0.132 e. The summed E-state index contributed by atoms with van der Waals surface area (Å²) in [6.07, 6.45) is 0. The van der Waals surface area contributed by atoms with Crippen molar-refractivity contribution >= 4 is 34.7 Å². The summed E-state index contributed by atoms with van der Waals surface area (Å²) in [5.74, 6) is 0. The van der Waals surface area contributed by atoms with Gasteiger partial charge in [-0.05, 0) is 11.5 Å². The zero-order chi connectivity index (χ0) is 8.65. The third-order valence-electron chi connectivity index (χ3n) is 1.31. The standard InChI is InChI=1S/C7H9Cl2NS/c1-7(2,3)5-4(8)6(9)11-10-5/h1-3H3. The van der Waals surface area contributed by atoms with Gasteiger partial charge >= 0.3 is 0 Å². The number of hydrogen-bond acceptors (Lipinski definition) is 2. The minimum absolute atomic E-state index is 0.0132. The zero-order valence-electron chi connectivity index (χ0n) is 6.61. The van der Waals surface area contributed by atoms with Crippen LogP contribution in [0.4, 0.5) is 0 Å². The van der Waals surface area contributed by atoms with Gasteiger partial charge in [-0.1, -0.05) is 44.0 Å². The van der Waals surface area contributed by atoms with Gasteiger partial charge in [0.2, 0.25) is 0 Å². The lowest BCUT2D eigenvalue weighted by atomic mass is 9.92. The van der Waals surface area contributed by atoms with E-state index < -0.39 is 0 Å². The van der Waals surface area contributed by atoms with Crippen molar-refractivity contribution in [1.82, 2.24) is 4.37 Å². The molecule has 1 heterocycles. The minimum atomic E-state index is -0.0132. The Morgan fingerprint density at radius 1 is 1.27 bits per heavy atom. The largest absolute Gasteiger partial charge is 0.194 e. The Balaban J connectivity index is 3.15. The van der Waals surface area contributed by atoms with E-state index in [2.05, 4.69) is 25.1 Å². The Labute approximate surface area is 80.5 Å². The monoisotopic (exact) mass is 209 g/mol. The lowest BCUT2D eigenvalue weighted by molar-refractivity contribution is 0.576. The summed E-state index contributed by atoms with van der Waals surface area (Å²) in [5, 5.41) is 0.601. The zero-order valence-corrected chi connectivity index (χ0v) is 8.94. The van der Waals surface area contributed by atoms with E-state index in [0.29, 0.717) is 9.36 Å². The van der Waals surface area contributed by atoms with E-state index in [1.165, 1.54) is 11.5 Å². The van der Waals surface area contributed by atoms with E-state index in [-0.39, 0.29) is 5.41 Å². The highest BCUT2D eigenvalue weighted by Crippen LogP contribution is 2.36. The van der Waals surface area contributed by atoms with E-state index in [4.69, 9.17) is 23.2 Å². The number of aromatic nitrogens is 1. The second-order valence-electron chi connectivity index (χ2n) is 3.37. The van der Waals surface area contributed by atoms with Crippen LogP contribution in [0.1, 0.15) is 26.5 Å². The molecule has 62 valence electrons. The van der Waals surface area contributed by atoms with Crippen LogP contribution in [0.15, 0.2) is 0 Å². The molecule has 0 saturated carbocycles. The number of halogens is 2. The first-order valence-electron chi connectivity index (χ1n) is 3.24. The molecule has 0 atom stereocenters. The molecule has 0 aliphatic rings. The first kappa shape index (κ1) is 9.30. The van der Waals surface area contributed by atoms with E-state index in [0.717, 1.165) is 5.69 Å². The van der Waals surface area contributed by atoms with Gasteiger partial charge in [-0.15, -0.1) is 0 Å². The van der Waals surface area contributed by atoms with Gasteiger partial charge in [0.05, 0.1) is 10.7 Å². The molecule has 0 radical (unpaired) electrons. The molecule has 0 bridgehead atoms. The number of rotatable bonds is 0. The van der Waals surface area contributed by atoms with Crippen LogP contribution in [0, 0.1) is 0 Å². The predicted molar refractivity (Wildman–Crippen MR) is 50.8 cm³/mol. The van der Waals surface area contributed by atoms with Crippen LogP contribution in [-0.4, -0.2) is 4.37 Å². The third kappa shape index (κ3) is 1.86. The maximum absolute atomic E-state index is 5.91. The minimum Gasteiger partial charge on any atom is -0.194 e. The Hall–Kier alpha value is 0.210. The summed E-state index contributed by atoms with van der Waals surface area (Å²) in [6, 6.07) is 0. The molecule has 1 rings (SSSR count). The SMILES string of the molecule is CC(C)(C)c1nsc(Cl)c1Cl. The highest BCUT2D eigenvalue weighted by Gasteiger charge is 2.22. The second kappa shape index (κ2) is 2.92. The Kier molecular flexibility index (Phi) is 2.47. The second-order valence-corrected chi connectivity index (χ2v) is 5.12. The van der Waals surface area contributed by atoms with Crippen LogP contribution in [0.25, 0.3) is 0 Å². The van der Waals surface area contributed by atoms with Crippen LogP contribution < -0.4 is 0 Å². The predicted octanol–water partition coefficient (Wildman–Crippen LogP) is 3.75. The van der Waals surface area contributed by atoms with Crippen molar-refractivity contribution in [3.05, 3.63) is 15.1 Å². The van der Waals surface area contributed by atoms with Gasteiger partial charge in [-0.2, -0.15) is 4.37 Å². The van der Waals surface area contributed by atoms with Crippen molar-refractivity contribution in [2.24, 2.45) is 0 Å². The molecule has 0 spiro atoms. The van der Waals surface area contributed by atoms with Gasteiger partial charge in [0.15, 0.2) is 0 Å². The van der Waals surface area contributed by atoms with Crippen LogP contribution in [0.2, 0.25) is 9.36 Å². The molecule has 11 heavy (non-hydrogen) atoms. The highest BCUT2D eigenvalue weighted by atomic mass is 35.5. The average molecular weight is 210 g/mol. The normalized spacial score (nSPS) is 12.1. The van der Waals surface area contributed by atoms with E-state index >= 15 is 0 Å². The molecule has 0 unspecified atom stereocenters. The fraction of sp³-hybridized carbons (Fsp3) is 0.571. The van der Waals surface area contributed by atoms with Crippen molar-refractivity contribution in [3.8, 4) is 0 Å². The summed E-state index contributed by atoms with van der Waals surface area (Å²) in [5.41, 5.74) is 0.870. The fourth-order valence-corrected chi connectivity index (χ4v) is 2.11. The smallest absolute Gasteiger partial charge is 0.132 e. The lowest BCUT2D eigenvalue weighted by Crippen LogP contribution is -2.11. The molecular formula is C7H9Cl2NS. The van der Waals surface area contributed by atoms with Gasteiger partial charge in [0.1, 0.15) is 4.34 Å². The van der Waals surface area contributed by atoms with Gasteiger partial charge in [-0.25, -0.2) is 0 Å². The van der Waals surface area contributed by atoms with Crippen molar-refractivity contribution in [2.75, 3.05) is 0 Å². The summed E-state index contributed by atoms with van der Waals surface area (Å²) in [6.45, 7) is 6.18. The fourth-order valence-electron chi connectivity index (χ4n) is 0.725. The molecule has 1 aromatic heterocycles. The molecule has 0 aliphatic carbocycles. The molecule has 1 aromatic rings. The van der Waals surface area contributed by atoms with Gasteiger partial charge in [0, 0.05) is 5.41 Å². The van der Waals surface area contributed by atoms with Crippen LogP contribution >= 0.6 is 34.7 Å². The summed E-state index contributed by atoms with van der Waals surface area (Å²) in [4.78, 5) is 0. The molecule has 0 fully saturated rings. The van der Waals surface area contributed by atoms with Gasteiger partial charge in [-0.3, -0.25) is 0 Å². The highest BCUT2D eigenvalue weighted by molar-refractivity contribution is 7.11. The first-order chi connectivity index (χ1) is 4.93. The summed E-state index contributed by atoms with van der Waals surface area (Å²) in [7, 11) is 0. The van der Waals surface area contributed by atoms with E-state index in [1.807, 2.05) is 0 Å². The quantitative estimate of drug-likeness (QED) is 0.635. The average Bonchev–Trinajstić information content (AvgIpc) is 2.11. The topological polar surface area (TPSA) is 12.9 Å². The van der Waals surface area contributed by atoms with Gasteiger partial charge < -0.3 is 0 Å².